The minimum Gasteiger partial charge on any atom is -0.292 e. The molecule has 7 aromatic rings. The molecule has 3 nitrogen and oxygen atoms in total. The SMILES string of the molecule is Cc1cc(-n2c(-c3csc4nc5c(C(C)C)cccc5cc34)nc3ccccc32)cc(C)c1-c1ccccc1. The molecule has 0 atom stereocenters. The van der Waals surface area contributed by atoms with Crippen molar-refractivity contribution in [3.63, 3.8) is 0 Å². The van der Waals surface area contributed by atoms with Gasteiger partial charge in [-0.3, -0.25) is 4.57 Å². The van der Waals surface area contributed by atoms with Crippen molar-refractivity contribution < 1.29 is 0 Å². The number of rotatable bonds is 4. The maximum Gasteiger partial charge on any atom is 0.147 e. The van der Waals surface area contributed by atoms with Crippen molar-refractivity contribution in [1.29, 1.82) is 0 Å². The Morgan fingerprint density at radius 2 is 1.51 bits per heavy atom. The summed E-state index contributed by atoms with van der Waals surface area (Å²) in [5, 5.41) is 4.55. The lowest BCUT2D eigenvalue weighted by Crippen LogP contribution is -2.00. The Balaban J connectivity index is 1.47. The molecule has 0 amide bonds. The smallest absolute Gasteiger partial charge is 0.147 e. The molecule has 4 aromatic carbocycles. The summed E-state index contributed by atoms with van der Waals surface area (Å²) in [5.41, 5.74) is 11.8. The van der Waals surface area contributed by atoms with E-state index in [1.165, 1.54) is 33.2 Å². The van der Waals surface area contributed by atoms with Crippen LogP contribution in [0.25, 0.3) is 60.4 Å². The third-order valence-corrected chi connectivity index (χ3v) is 8.57. The van der Waals surface area contributed by atoms with E-state index in [-0.39, 0.29) is 0 Å². The van der Waals surface area contributed by atoms with Gasteiger partial charge in [0, 0.05) is 27.4 Å². The van der Waals surface area contributed by atoms with Gasteiger partial charge in [-0.05, 0) is 77.9 Å². The standard InChI is InChI=1S/C35H29N3S/c1-21(2)27-14-10-13-25-19-28-29(20-39-35(28)37-33(25)27)34-36-30-15-8-9-16-31(30)38(34)26-17-22(3)32(23(4)18-26)24-11-6-5-7-12-24/h5-21H,1-4H3. The van der Waals surface area contributed by atoms with Gasteiger partial charge in [0.05, 0.1) is 16.6 Å². The summed E-state index contributed by atoms with van der Waals surface area (Å²) in [4.78, 5) is 11.4. The molecule has 0 fully saturated rings. The molecule has 190 valence electrons. The molecule has 0 saturated heterocycles. The van der Waals surface area contributed by atoms with Crippen molar-refractivity contribution in [2.24, 2.45) is 0 Å². The van der Waals surface area contributed by atoms with Gasteiger partial charge >= 0.3 is 0 Å². The minimum absolute atomic E-state index is 0.424. The lowest BCUT2D eigenvalue weighted by molar-refractivity contribution is 0.873. The summed E-state index contributed by atoms with van der Waals surface area (Å²) in [6.07, 6.45) is 0. The number of aryl methyl sites for hydroxylation is 2. The van der Waals surface area contributed by atoms with Gasteiger partial charge in [-0.25, -0.2) is 9.97 Å². The Hall–Kier alpha value is -4.28. The average molecular weight is 524 g/mol. The molecule has 0 radical (unpaired) electrons. The number of hydrogen-bond acceptors (Lipinski definition) is 3. The topological polar surface area (TPSA) is 30.7 Å². The first-order valence-electron chi connectivity index (χ1n) is 13.5. The highest BCUT2D eigenvalue weighted by molar-refractivity contribution is 7.17. The van der Waals surface area contributed by atoms with E-state index in [4.69, 9.17) is 9.97 Å². The second kappa shape index (κ2) is 9.18. The van der Waals surface area contributed by atoms with Crippen LogP contribution in [0, 0.1) is 13.8 Å². The maximum absolute atomic E-state index is 5.19. The zero-order valence-electron chi connectivity index (χ0n) is 22.6. The van der Waals surface area contributed by atoms with Crippen molar-refractivity contribution in [2.75, 3.05) is 0 Å². The molecular formula is C35H29N3S. The third kappa shape index (κ3) is 3.86. The van der Waals surface area contributed by atoms with Crippen LogP contribution in [0.2, 0.25) is 0 Å². The van der Waals surface area contributed by atoms with Gasteiger partial charge in [-0.2, -0.15) is 0 Å². The van der Waals surface area contributed by atoms with Crippen molar-refractivity contribution in [3.8, 4) is 28.2 Å². The number of imidazole rings is 1. The zero-order valence-corrected chi connectivity index (χ0v) is 23.4. The number of thiophene rings is 1. The maximum atomic E-state index is 5.19. The number of para-hydroxylation sites is 3. The molecule has 0 N–H and O–H groups in total. The predicted octanol–water partition coefficient (Wildman–Crippen LogP) is 9.86. The van der Waals surface area contributed by atoms with Gasteiger partial charge in [0.2, 0.25) is 0 Å². The molecule has 39 heavy (non-hydrogen) atoms. The summed E-state index contributed by atoms with van der Waals surface area (Å²) in [7, 11) is 0. The lowest BCUT2D eigenvalue weighted by Gasteiger charge is -2.16. The molecule has 4 heteroatoms. The Morgan fingerprint density at radius 3 is 2.28 bits per heavy atom. The Bertz CT molecular complexity index is 1990. The van der Waals surface area contributed by atoms with E-state index in [0.717, 1.165) is 43.8 Å². The van der Waals surface area contributed by atoms with Gasteiger partial charge in [-0.1, -0.05) is 74.5 Å². The molecule has 3 aromatic heterocycles. The highest BCUT2D eigenvalue weighted by Gasteiger charge is 2.20. The fourth-order valence-electron chi connectivity index (χ4n) is 5.90. The summed E-state index contributed by atoms with van der Waals surface area (Å²) in [5.74, 6) is 1.38. The fourth-order valence-corrected chi connectivity index (χ4v) is 6.80. The van der Waals surface area contributed by atoms with Gasteiger partial charge < -0.3 is 0 Å². The van der Waals surface area contributed by atoms with Gasteiger partial charge in [0.1, 0.15) is 10.7 Å². The van der Waals surface area contributed by atoms with E-state index in [2.05, 4.69) is 129 Å². The first kappa shape index (κ1) is 23.8. The Kier molecular flexibility index (Phi) is 5.60. The highest BCUT2D eigenvalue weighted by Crippen LogP contribution is 2.39. The Morgan fingerprint density at radius 1 is 0.769 bits per heavy atom. The normalized spacial score (nSPS) is 11.8. The van der Waals surface area contributed by atoms with E-state index in [0.29, 0.717) is 5.92 Å². The minimum atomic E-state index is 0.424. The van der Waals surface area contributed by atoms with E-state index in [1.54, 1.807) is 11.3 Å². The van der Waals surface area contributed by atoms with Crippen LogP contribution in [0.15, 0.2) is 96.4 Å². The van der Waals surface area contributed by atoms with Crippen LogP contribution in [0.4, 0.5) is 0 Å². The van der Waals surface area contributed by atoms with Crippen molar-refractivity contribution in [2.45, 2.75) is 33.6 Å². The highest BCUT2D eigenvalue weighted by atomic mass is 32.1. The van der Waals surface area contributed by atoms with Crippen molar-refractivity contribution >= 4 is 43.5 Å². The quantitative estimate of drug-likeness (QED) is 0.230. The second-order valence-corrected chi connectivity index (χ2v) is 11.5. The number of aromatic nitrogens is 3. The van der Waals surface area contributed by atoms with Crippen LogP contribution < -0.4 is 0 Å². The first-order valence-corrected chi connectivity index (χ1v) is 14.3. The van der Waals surface area contributed by atoms with E-state index < -0.39 is 0 Å². The van der Waals surface area contributed by atoms with E-state index in [1.807, 2.05) is 0 Å². The Labute approximate surface area is 232 Å². The molecule has 0 unspecified atom stereocenters. The number of hydrogen-bond donors (Lipinski definition) is 0. The molecule has 0 aliphatic rings. The van der Waals surface area contributed by atoms with Crippen LogP contribution in [-0.2, 0) is 0 Å². The molecule has 0 aliphatic heterocycles. The number of nitrogens with zero attached hydrogens (tertiary/aromatic N) is 3. The van der Waals surface area contributed by atoms with E-state index in [9.17, 15) is 0 Å². The molecular weight excluding hydrogens is 494 g/mol. The predicted molar refractivity (Wildman–Crippen MR) is 166 cm³/mol. The van der Waals surface area contributed by atoms with Crippen LogP contribution in [0.5, 0.6) is 0 Å². The molecule has 0 saturated carbocycles. The van der Waals surface area contributed by atoms with Crippen molar-refractivity contribution in [1.82, 2.24) is 14.5 Å². The summed E-state index contributed by atoms with van der Waals surface area (Å²) < 4.78 is 2.32. The molecule has 3 heterocycles. The van der Waals surface area contributed by atoms with Crippen molar-refractivity contribution in [3.05, 3.63) is 113 Å². The number of benzene rings is 4. The summed E-state index contributed by atoms with van der Waals surface area (Å²) in [6, 6.07) is 32.5. The number of pyridine rings is 1. The molecule has 0 bridgehead atoms. The van der Waals surface area contributed by atoms with Crippen LogP contribution in [0.3, 0.4) is 0 Å². The number of fused-ring (bicyclic) bond motifs is 3. The van der Waals surface area contributed by atoms with Crippen LogP contribution in [0.1, 0.15) is 36.5 Å². The van der Waals surface area contributed by atoms with Crippen LogP contribution >= 0.6 is 11.3 Å². The summed E-state index contributed by atoms with van der Waals surface area (Å²) in [6.45, 7) is 8.88. The van der Waals surface area contributed by atoms with Gasteiger partial charge in [0.15, 0.2) is 0 Å². The lowest BCUT2D eigenvalue weighted by atomic mass is 9.95. The molecule has 0 spiro atoms. The van der Waals surface area contributed by atoms with Gasteiger partial charge in [0.25, 0.3) is 0 Å². The van der Waals surface area contributed by atoms with Crippen LogP contribution in [-0.4, -0.2) is 14.5 Å². The monoisotopic (exact) mass is 523 g/mol. The third-order valence-electron chi connectivity index (χ3n) is 7.68. The van der Waals surface area contributed by atoms with Gasteiger partial charge in [-0.15, -0.1) is 11.3 Å². The average Bonchev–Trinajstić information content (AvgIpc) is 3.52. The first-order chi connectivity index (χ1) is 19.0. The van der Waals surface area contributed by atoms with E-state index >= 15 is 0 Å². The fraction of sp³-hybridized carbons (Fsp3) is 0.143. The molecule has 7 rings (SSSR count). The largest absolute Gasteiger partial charge is 0.292 e. The second-order valence-electron chi connectivity index (χ2n) is 10.6. The zero-order chi connectivity index (χ0) is 26.7. The summed E-state index contributed by atoms with van der Waals surface area (Å²) >= 11 is 1.70. The molecule has 0 aliphatic carbocycles.